The number of carbonyl (C=O) groups is 1. The highest BCUT2D eigenvalue weighted by Gasteiger charge is 2.15. The number of rotatable bonds is 2. The highest BCUT2D eigenvalue weighted by atomic mass is 79.9. The summed E-state index contributed by atoms with van der Waals surface area (Å²) in [4.78, 5) is 17.1. The maximum Gasteiger partial charge on any atom is 0.260 e. The van der Waals surface area contributed by atoms with E-state index in [0.29, 0.717) is 5.13 Å². The molecule has 0 radical (unpaired) electrons. The van der Waals surface area contributed by atoms with Gasteiger partial charge in [0.25, 0.3) is 5.91 Å². The van der Waals surface area contributed by atoms with Gasteiger partial charge >= 0.3 is 0 Å². The van der Waals surface area contributed by atoms with Crippen LogP contribution in [0.3, 0.4) is 0 Å². The van der Waals surface area contributed by atoms with Gasteiger partial charge in [-0.3, -0.25) is 10.1 Å². The maximum absolute atomic E-state index is 13.7. The lowest BCUT2D eigenvalue weighted by Crippen LogP contribution is -2.13. The fourth-order valence-electron chi connectivity index (χ4n) is 1.37. The molecule has 0 unspecified atom stereocenters. The number of amides is 1. The summed E-state index contributed by atoms with van der Waals surface area (Å²) < 4.78 is 14.0. The summed E-state index contributed by atoms with van der Waals surface area (Å²) in [7, 11) is 0. The lowest BCUT2D eigenvalue weighted by Gasteiger charge is -2.04. The van der Waals surface area contributed by atoms with E-state index in [4.69, 9.17) is 0 Å². The van der Waals surface area contributed by atoms with E-state index in [2.05, 4.69) is 26.2 Å². The van der Waals surface area contributed by atoms with E-state index in [1.54, 1.807) is 12.1 Å². The summed E-state index contributed by atoms with van der Waals surface area (Å²) in [5.74, 6) is -1.07. The van der Waals surface area contributed by atoms with Crippen molar-refractivity contribution >= 4 is 38.3 Å². The van der Waals surface area contributed by atoms with Gasteiger partial charge in [-0.15, -0.1) is 11.3 Å². The molecule has 0 saturated carbocycles. The Morgan fingerprint density at radius 3 is 2.78 bits per heavy atom. The fraction of sp³-hybridized carbons (Fsp3) is 0.167. The Balaban J connectivity index is 2.24. The van der Waals surface area contributed by atoms with Crippen LogP contribution in [0.15, 0.2) is 22.7 Å². The second-order valence-electron chi connectivity index (χ2n) is 3.72. The van der Waals surface area contributed by atoms with Gasteiger partial charge in [-0.1, -0.05) is 6.07 Å². The Morgan fingerprint density at radius 1 is 1.44 bits per heavy atom. The van der Waals surface area contributed by atoms with Crippen LogP contribution in [-0.4, -0.2) is 10.9 Å². The Hall–Kier alpha value is -1.27. The molecule has 0 bridgehead atoms. The van der Waals surface area contributed by atoms with Crippen molar-refractivity contribution in [3.63, 3.8) is 0 Å². The predicted molar refractivity (Wildman–Crippen MR) is 73.6 cm³/mol. The first kappa shape index (κ1) is 13.2. The van der Waals surface area contributed by atoms with E-state index >= 15 is 0 Å². The fourth-order valence-corrected chi connectivity index (χ4v) is 2.55. The van der Waals surface area contributed by atoms with Crippen LogP contribution >= 0.6 is 27.3 Å². The molecular formula is C12H10BrFN2OS. The summed E-state index contributed by atoms with van der Waals surface area (Å²) in [6, 6.07) is 4.59. The van der Waals surface area contributed by atoms with Gasteiger partial charge < -0.3 is 0 Å². The van der Waals surface area contributed by atoms with Crippen molar-refractivity contribution in [2.75, 3.05) is 5.32 Å². The number of anilines is 1. The SMILES string of the molecule is Cc1nc(NC(=O)c2cccc(Br)c2F)sc1C. The third-order valence-corrected chi connectivity index (χ3v) is 4.05. The molecule has 2 aromatic rings. The molecule has 3 nitrogen and oxygen atoms in total. The monoisotopic (exact) mass is 328 g/mol. The average molecular weight is 329 g/mol. The van der Waals surface area contributed by atoms with Gasteiger partial charge in [-0.25, -0.2) is 9.37 Å². The number of aryl methyl sites for hydroxylation is 2. The number of hydrogen-bond acceptors (Lipinski definition) is 3. The molecule has 1 aromatic heterocycles. The number of aromatic nitrogens is 1. The molecule has 18 heavy (non-hydrogen) atoms. The van der Waals surface area contributed by atoms with Gasteiger partial charge in [0.2, 0.25) is 0 Å². The van der Waals surface area contributed by atoms with Gasteiger partial charge in [0.1, 0.15) is 5.82 Å². The van der Waals surface area contributed by atoms with Crippen molar-refractivity contribution in [2.24, 2.45) is 0 Å². The molecule has 0 fully saturated rings. The topological polar surface area (TPSA) is 42.0 Å². The zero-order chi connectivity index (χ0) is 13.3. The molecule has 94 valence electrons. The molecular weight excluding hydrogens is 319 g/mol. The van der Waals surface area contributed by atoms with Crippen molar-refractivity contribution in [3.05, 3.63) is 44.6 Å². The molecule has 1 heterocycles. The Kier molecular flexibility index (Phi) is 3.77. The number of benzene rings is 1. The van der Waals surface area contributed by atoms with Gasteiger partial charge in [-0.05, 0) is 41.9 Å². The number of nitrogens with one attached hydrogen (secondary N) is 1. The minimum atomic E-state index is -0.569. The summed E-state index contributed by atoms with van der Waals surface area (Å²) in [5, 5.41) is 3.08. The highest BCUT2D eigenvalue weighted by Crippen LogP contribution is 2.23. The highest BCUT2D eigenvalue weighted by molar-refractivity contribution is 9.10. The number of nitrogens with zero attached hydrogens (tertiary/aromatic N) is 1. The van der Waals surface area contributed by atoms with Crippen LogP contribution in [-0.2, 0) is 0 Å². The van der Waals surface area contributed by atoms with Crippen LogP contribution in [0, 0.1) is 19.7 Å². The maximum atomic E-state index is 13.7. The molecule has 0 spiro atoms. The minimum absolute atomic E-state index is 0.00474. The third kappa shape index (κ3) is 2.59. The first-order valence-corrected chi connectivity index (χ1v) is 6.79. The van der Waals surface area contributed by atoms with Crippen LogP contribution in [0.2, 0.25) is 0 Å². The second kappa shape index (κ2) is 5.16. The average Bonchev–Trinajstić information content (AvgIpc) is 2.61. The number of halogens is 2. The second-order valence-corrected chi connectivity index (χ2v) is 5.77. The van der Waals surface area contributed by atoms with Crippen LogP contribution < -0.4 is 5.32 Å². The van der Waals surface area contributed by atoms with Gasteiger partial charge in [-0.2, -0.15) is 0 Å². The Morgan fingerprint density at radius 2 is 2.17 bits per heavy atom. The van der Waals surface area contributed by atoms with E-state index in [0.717, 1.165) is 10.6 Å². The summed E-state index contributed by atoms with van der Waals surface area (Å²) in [5.41, 5.74) is 0.861. The van der Waals surface area contributed by atoms with Crippen molar-refractivity contribution in [2.45, 2.75) is 13.8 Å². The van der Waals surface area contributed by atoms with E-state index < -0.39 is 11.7 Å². The van der Waals surface area contributed by atoms with Crippen LogP contribution in [0.5, 0.6) is 0 Å². The Bertz CT molecular complexity index is 593. The number of carbonyl (C=O) groups excluding carboxylic acids is 1. The minimum Gasteiger partial charge on any atom is -0.298 e. The van der Waals surface area contributed by atoms with Crippen molar-refractivity contribution in [1.82, 2.24) is 4.98 Å². The van der Waals surface area contributed by atoms with Crippen LogP contribution in [0.25, 0.3) is 0 Å². The zero-order valence-corrected chi connectivity index (χ0v) is 12.2. The van der Waals surface area contributed by atoms with E-state index in [1.165, 1.54) is 17.4 Å². The molecule has 2 rings (SSSR count). The lowest BCUT2D eigenvalue weighted by molar-refractivity contribution is 0.102. The van der Waals surface area contributed by atoms with Crippen LogP contribution in [0.1, 0.15) is 20.9 Å². The van der Waals surface area contributed by atoms with Crippen molar-refractivity contribution < 1.29 is 9.18 Å². The van der Waals surface area contributed by atoms with Crippen molar-refractivity contribution in [3.8, 4) is 0 Å². The Labute approximate surface area is 116 Å². The largest absolute Gasteiger partial charge is 0.298 e. The molecule has 1 aromatic carbocycles. The number of thiazole rings is 1. The smallest absolute Gasteiger partial charge is 0.260 e. The van der Waals surface area contributed by atoms with Crippen LogP contribution in [0.4, 0.5) is 9.52 Å². The lowest BCUT2D eigenvalue weighted by atomic mass is 10.2. The summed E-state index contributed by atoms with van der Waals surface area (Å²) in [6.45, 7) is 3.78. The normalized spacial score (nSPS) is 10.4. The quantitative estimate of drug-likeness (QED) is 0.907. The van der Waals surface area contributed by atoms with Gasteiger partial charge in [0, 0.05) is 4.88 Å². The molecule has 1 amide bonds. The molecule has 0 aliphatic carbocycles. The van der Waals surface area contributed by atoms with Gasteiger partial charge in [0.05, 0.1) is 15.7 Å². The molecule has 1 N–H and O–H groups in total. The summed E-state index contributed by atoms with van der Waals surface area (Å²) in [6.07, 6.45) is 0. The first-order valence-electron chi connectivity index (χ1n) is 5.18. The van der Waals surface area contributed by atoms with Crippen molar-refractivity contribution in [1.29, 1.82) is 0 Å². The zero-order valence-electron chi connectivity index (χ0n) is 9.75. The molecule has 6 heteroatoms. The van der Waals surface area contributed by atoms with E-state index in [-0.39, 0.29) is 10.0 Å². The molecule has 0 atom stereocenters. The van der Waals surface area contributed by atoms with E-state index in [9.17, 15) is 9.18 Å². The summed E-state index contributed by atoms with van der Waals surface area (Å²) >= 11 is 4.42. The van der Waals surface area contributed by atoms with E-state index in [1.807, 2.05) is 13.8 Å². The standard InChI is InChI=1S/C12H10BrFN2OS/c1-6-7(2)18-12(15-6)16-11(17)8-4-3-5-9(13)10(8)14/h3-5H,1-2H3,(H,15,16,17). The molecule has 0 aliphatic rings. The third-order valence-electron chi connectivity index (χ3n) is 2.45. The first-order chi connectivity index (χ1) is 8.49. The molecule has 0 saturated heterocycles. The predicted octanol–water partition coefficient (Wildman–Crippen LogP) is 3.91. The molecule has 0 aliphatic heterocycles. The number of hydrogen-bond donors (Lipinski definition) is 1. The van der Waals surface area contributed by atoms with Gasteiger partial charge in [0.15, 0.2) is 5.13 Å².